The minimum atomic E-state index is -0.347. The van der Waals surface area contributed by atoms with Crippen LogP contribution in [0.15, 0.2) is 84.9 Å². The van der Waals surface area contributed by atoms with Crippen molar-refractivity contribution < 1.29 is 19.1 Å². The second kappa shape index (κ2) is 12.5. The van der Waals surface area contributed by atoms with Crippen molar-refractivity contribution in [2.24, 2.45) is 0 Å². The summed E-state index contributed by atoms with van der Waals surface area (Å²) in [6, 6.07) is 25.5. The smallest absolute Gasteiger partial charge is 0.273 e. The molecular weight excluding hydrogens is 530 g/mol. The predicted octanol–water partition coefficient (Wildman–Crippen LogP) is 3.96. The maximum absolute atomic E-state index is 13.9. The molecule has 2 heterocycles. The Bertz CT molecular complexity index is 1510. The van der Waals surface area contributed by atoms with E-state index in [9.17, 15) is 14.4 Å². The Morgan fingerprint density at radius 2 is 1.65 bits per heavy atom. The number of rotatable bonds is 3. The molecule has 9 nitrogen and oxygen atoms in total. The van der Waals surface area contributed by atoms with Gasteiger partial charge in [0.2, 0.25) is 5.91 Å². The number of carbonyl (C=O) groups is 3. The van der Waals surface area contributed by atoms with E-state index in [-0.39, 0.29) is 50.5 Å². The molecule has 1 aliphatic heterocycles. The maximum Gasteiger partial charge on any atom is 0.273 e. The van der Waals surface area contributed by atoms with Crippen molar-refractivity contribution in [3.63, 3.8) is 0 Å². The lowest BCUT2D eigenvalue weighted by molar-refractivity contribution is -0.121. The van der Waals surface area contributed by atoms with Crippen LogP contribution in [0.25, 0.3) is 16.9 Å². The van der Waals surface area contributed by atoms with Crippen molar-refractivity contribution in [1.82, 2.24) is 25.3 Å². The Labute approximate surface area is 236 Å². The SMILES string of the molecule is O=C1CN(C(=O)c2cc(-c3ccccc3)nn2-c2ccccc2)CCCNC(=O)c2cc(Cl)ccc2OCCN1. The zero-order valence-electron chi connectivity index (χ0n) is 21.7. The molecule has 0 saturated carbocycles. The van der Waals surface area contributed by atoms with Crippen molar-refractivity contribution in [2.45, 2.75) is 6.42 Å². The first-order valence-electron chi connectivity index (χ1n) is 13.0. The molecule has 1 aromatic heterocycles. The van der Waals surface area contributed by atoms with Gasteiger partial charge in [0.25, 0.3) is 11.8 Å². The van der Waals surface area contributed by atoms with Crippen molar-refractivity contribution in [2.75, 3.05) is 32.8 Å². The lowest BCUT2D eigenvalue weighted by atomic mass is 10.1. The molecule has 0 spiro atoms. The number of benzene rings is 3. The van der Waals surface area contributed by atoms with Crippen molar-refractivity contribution in [1.29, 1.82) is 0 Å². The third-order valence-corrected chi connectivity index (χ3v) is 6.61. The first kappa shape index (κ1) is 27.0. The van der Waals surface area contributed by atoms with Crippen LogP contribution in [0.3, 0.4) is 0 Å². The molecule has 0 radical (unpaired) electrons. The number of carbonyl (C=O) groups excluding carboxylic acids is 3. The zero-order valence-corrected chi connectivity index (χ0v) is 22.4. The third kappa shape index (κ3) is 6.32. The number of hydrogen-bond acceptors (Lipinski definition) is 5. The van der Waals surface area contributed by atoms with Crippen molar-refractivity contribution in [3.05, 3.63) is 101 Å². The molecule has 0 fully saturated rings. The van der Waals surface area contributed by atoms with Gasteiger partial charge < -0.3 is 20.3 Å². The number of amides is 3. The number of aromatic nitrogens is 2. The quantitative estimate of drug-likeness (QED) is 0.397. The molecule has 2 N–H and O–H groups in total. The van der Waals surface area contributed by atoms with Gasteiger partial charge in [-0.1, -0.05) is 60.1 Å². The average Bonchev–Trinajstić information content (AvgIpc) is 3.43. The maximum atomic E-state index is 13.9. The van der Waals surface area contributed by atoms with E-state index in [2.05, 4.69) is 10.6 Å². The summed E-state index contributed by atoms with van der Waals surface area (Å²) in [4.78, 5) is 41.1. The molecule has 0 aliphatic carbocycles. The van der Waals surface area contributed by atoms with Gasteiger partial charge in [-0.3, -0.25) is 14.4 Å². The first-order valence-corrected chi connectivity index (χ1v) is 13.3. The number of nitrogens with zero attached hydrogens (tertiary/aromatic N) is 3. The second-order valence-electron chi connectivity index (χ2n) is 9.20. The number of halogens is 1. The van der Waals surface area contributed by atoms with E-state index in [1.54, 1.807) is 28.9 Å². The number of ether oxygens (including phenoxy) is 1. The summed E-state index contributed by atoms with van der Waals surface area (Å²) in [7, 11) is 0. The number of fused-ring (bicyclic) bond motifs is 1. The van der Waals surface area contributed by atoms with Gasteiger partial charge in [-0.2, -0.15) is 5.10 Å². The minimum absolute atomic E-state index is 0.142. The van der Waals surface area contributed by atoms with Gasteiger partial charge in [-0.05, 0) is 42.8 Å². The topological polar surface area (TPSA) is 106 Å². The van der Waals surface area contributed by atoms with E-state index in [1.807, 2.05) is 60.7 Å². The summed E-state index contributed by atoms with van der Waals surface area (Å²) in [5, 5.41) is 10.8. The lowest BCUT2D eigenvalue weighted by Gasteiger charge is -2.23. The minimum Gasteiger partial charge on any atom is -0.491 e. The van der Waals surface area contributed by atoms with Crippen LogP contribution in [0.4, 0.5) is 0 Å². The number of hydrogen-bond donors (Lipinski definition) is 2. The summed E-state index contributed by atoms with van der Waals surface area (Å²) < 4.78 is 7.33. The molecule has 0 bridgehead atoms. The van der Waals surface area contributed by atoms with Crippen LogP contribution in [0.2, 0.25) is 5.02 Å². The van der Waals surface area contributed by atoms with Gasteiger partial charge in [-0.15, -0.1) is 0 Å². The Balaban J connectivity index is 1.41. The fourth-order valence-electron chi connectivity index (χ4n) is 4.42. The number of para-hydroxylation sites is 1. The van der Waals surface area contributed by atoms with Gasteiger partial charge in [-0.25, -0.2) is 4.68 Å². The average molecular weight is 558 g/mol. The van der Waals surface area contributed by atoms with Crippen LogP contribution in [0.1, 0.15) is 27.3 Å². The summed E-state index contributed by atoms with van der Waals surface area (Å²) in [6.45, 7) is 0.711. The largest absolute Gasteiger partial charge is 0.491 e. The van der Waals surface area contributed by atoms with E-state index in [0.29, 0.717) is 34.1 Å². The van der Waals surface area contributed by atoms with Crippen LogP contribution in [-0.4, -0.2) is 65.2 Å². The molecule has 10 heteroatoms. The second-order valence-corrected chi connectivity index (χ2v) is 9.64. The molecule has 204 valence electrons. The van der Waals surface area contributed by atoms with Crippen LogP contribution < -0.4 is 15.4 Å². The monoisotopic (exact) mass is 557 g/mol. The summed E-state index contributed by atoms with van der Waals surface area (Å²) >= 11 is 6.10. The molecule has 3 amide bonds. The first-order chi connectivity index (χ1) is 19.5. The molecule has 0 saturated heterocycles. The van der Waals surface area contributed by atoms with Gasteiger partial charge in [0.1, 0.15) is 18.1 Å². The standard InChI is InChI=1S/C30H28ClN5O4/c31-22-12-13-27-24(18-22)29(38)33-14-7-16-35(20-28(37)32-15-17-40-27)30(39)26-19-25(21-8-3-1-4-9-21)34-36(26)23-10-5-2-6-11-23/h1-6,8-13,18-19H,7,14-17,20H2,(H,32,37)(H,33,38). The molecule has 4 aromatic rings. The Morgan fingerprint density at radius 1 is 0.900 bits per heavy atom. The number of nitrogens with one attached hydrogen (secondary N) is 2. The molecule has 1 aliphatic rings. The lowest BCUT2D eigenvalue weighted by Crippen LogP contribution is -2.43. The van der Waals surface area contributed by atoms with Crippen LogP contribution in [0, 0.1) is 0 Å². The van der Waals surface area contributed by atoms with Gasteiger partial charge in [0, 0.05) is 23.7 Å². The highest BCUT2D eigenvalue weighted by Gasteiger charge is 2.25. The molecular formula is C30H28ClN5O4. The van der Waals surface area contributed by atoms with Crippen molar-refractivity contribution in [3.8, 4) is 22.7 Å². The Hall–Kier alpha value is -4.63. The van der Waals surface area contributed by atoms with Gasteiger partial charge in [0.05, 0.1) is 30.0 Å². The highest BCUT2D eigenvalue weighted by atomic mass is 35.5. The van der Waals surface area contributed by atoms with E-state index in [0.717, 1.165) is 11.3 Å². The van der Waals surface area contributed by atoms with Gasteiger partial charge >= 0.3 is 0 Å². The Morgan fingerprint density at radius 3 is 2.42 bits per heavy atom. The van der Waals surface area contributed by atoms with Crippen LogP contribution >= 0.6 is 11.6 Å². The van der Waals surface area contributed by atoms with Gasteiger partial charge in [0.15, 0.2) is 0 Å². The van der Waals surface area contributed by atoms with Crippen LogP contribution in [0.5, 0.6) is 5.75 Å². The fourth-order valence-corrected chi connectivity index (χ4v) is 4.59. The summed E-state index contributed by atoms with van der Waals surface area (Å²) in [5.41, 5.74) is 2.87. The highest BCUT2D eigenvalue weighted by molar-refractivity contribution is 6.31. The molecule has 0 unspecified atom stereocenters. The molecule has 40 heavy (non-hydrogen) atoms. The van der Waals surface area contributed by atoms with Crippen LogP contribution in [-0.2, 0) is 4.79 Å². The van der Waals surface area contributed by atoms with E-state index < -0.39 is 0 Å². The third-order valence-electron chi connectivity index (χ3n) is 6.38. The van der Waals surface area contributed by atoms with E-state index in [4.69, 9.17) is 21.4 Å². The van der Waals surface area contributed by atoms with E-state index >= 15 is 0 Å². The normalized spacial score (nSPS) is 14.8. The zero-order chi connectivity index (χ0) is 27.9. The van der Waals surface area contributed by atoms with Crippen molar-refractivity contribution >= 4 is 29.3 Å². The van der Waals surface area contributed by atoms with E-state index in [1.165, 1.54) is 4.90 Å². The molecule has 5 rings (SSSR count). The predicted molar refractivity (Wildman–Crippen MR) is 152 cm³/mol. The molecule has 0 atom stereocenters. The fraction of sp³-hybridized carbons (Fsp3) is 0.200. The summed E-state index contributed by atoms with van der Waals surface area (Å²) in [5.74, 6) is -0.608. The Kier molecular flexibility index (Phi) is 8.41. The molecule has 3 aromatic carbocycles. The highest BCUT2D eigenvalue weighted by Crippen LogP contribution is 2.24. The summed E-state index contributed by atoms with van der Waals surface area (Å²) in [6.07, 6.45) is 0.423.